The Balaban J connectivity index is 1.11. The van der Waals surface area contributed by atoms with Crippen LogP contribution in [-0.2, 0) is 9.59 Å². The minimum Gasteiger partial charge on any atom is -0.321 e. The predicted molar refractivity (Wildman–Crippen MR) is 118 cm³/mol. The Morgan fingerprint density at radius 1 is 0.688 bits per heavy atom. The zero-order valence-corrected chi connectivity index (χ0v) is 18.7. The minimum atomic E-state index is -0.263. The van der Waals surface area contributed by atoms with Crippen LogP contribution in [0.2, 0.25) is 0 Å². The van der Waals surface area contributed by atoms with Crippen LogP contribution in [-0.4, -0.2) is 27.2 Å². The van der Waals surface area contributed by atoms with Gasteiger partial charge in [0.1, 0.15) is 5.69 Å². The summed E-state index contributed by atoms with van der Waals surface area (Å²) < 4.78 is 0. The highest BCUT2D eigenvalue weighted by atomic mass is 16.2. The first-order chi connectivity index (χ1) is 15.5. The zero-order chi connectivity index (χ0) is 21.5. The first-order valence-corrected chi connectivity index (χ1v) is 12.8. The number of rotatable bonds is 4. The van der Waals surface area contributed by atoms with Crippen molar-refractivity contribution in [2.24, 2.45) is 46.3 Å². The predicted octanol–water partition coefficient (Wildman–Crippen LogP) is 4.18. The number of aromatic nitrogens is 3. The highest BCUT2D eigenvalue weighted by Crippen LogP contribution is 2.61. The van der Waals surface area contributed by atoms with Crippen LogP contribution in [0.25, 0.3) is 0 Å². The van der Waals surface area contributed by atoms with Crippen LogP contribution in [0.5, 0.6) is 0 Å². The molecule has 0 aliphatic heterocycles. The molecule has 1 aromatic heterocycles. The molecule has 7 heteroatoms. The molecule has 0 radical (unpaired) electrons. The summed E-state index contributed by atoms with van der Waals surface area (Å²) in [4.78, 5) is 27.0. The van der Waals surface area contributed by atoms with E-state index < -0.39 is 0 Å². The van der Waals surface area contributed by atoms with Crippen molar-refractivity contribution in [3.63, 3.8) is 0 Å². The Morgan fingerprint density at radius 2 is 1.09 bits per heavy atom. The van der Waals surface area contributed by atoms with Gasteiger partial charge in [0.05, 0.1) is 17.0 Å². The molecule has 8 bridgehead atoms. The fraction of sp³-hybridized carbons (Fsp3) is 0.800. The number of amides is 2. The average Bonchev–Trinajstić information content (AvgIpc) is 2.73. The molecule has 32 heavy (non-hydrogen) atoms. The second kappa shape index (κ2) is 6.73. The number of nitrogens with zero attached hydrogens (tertiary/aromatic N) is 3. The summed E-state index contributed by atoms with van der Waals surface area (Å²) in [5, 5.41) is 18.0. The van der Waals surface area contributed by atoms with Crippen molar-refractivity contribution in [2.75, 3.05) is 10.6 Å². The standard InChI is InChI=1S/C25H33N5O2/c31-22(24-7-14-1-15(8-24)3-16(2-14)9-24)27-20-13-26-30-29-21(20)28-23(32)25-10-17-4-18(11-25)6-19(5-17)12-25/h13-19H,1-12H2,(H,27,30,31)(H,26,28,29,32). The Hall–Kier alpha value is -2.05. The first kappa shape index (κ1) is 19.4. The second-order valence-electron chi connectivity index (χ2n) is 12.5. The lowest BCUT2D eigenvalue weighted by Gasteiger charge is -2.55. The monoisotopic (exact) mass is 435 g/mol. The maximum atomic E-state index is 13.5. The molecule has 8 aliphatic rings. The Kier molecular flexibility index (Phi) is 4.09. The summed E-state index contributed by atoms with van der Waals surface area (Å²) in [6, 6.07) is 0. The third-order valence-electron chi connectivity index (χ3n) is 10.2. The fourth-order valence-corrected chi connectivity index (χ4v) is 9.73. The molecular formula is C25H33N5O2. The van der Waals surface area contributed by atoms with Gasteiger partial charge in [-0.25, -0.2) is 0 Å². The number of nitrogens with one attached hydrogen (secondary N) is 2. The smallest absolute Gasteiger partial charge is 0.231 e. The van der Waals surface area contributed by atoms with Gasteiger partial charge in [-0.3, -0.25) is 9.59 Å². The summed E-state index contributed by atoms with van der Waals surface area (Å²) in [5.74, 6) is 4.74. The van der Waals surface area contributed by atoms with Crippen molar-refractivity contribution in [3.05, 3.63) is 6.20 Å². The summed E-state index contributed by atoms with van der Waals surface area (Å²) in [7, 11) is 0. The van der Waals surface area contributed by atoms with Crippen molar-refractivity contribution < 1.29 is 9.59 Å². The van der Waals surface area contributed by atoms with E-state index in [0.29, 0.717) is 47.0 Å². The quantitative estimate of drug-likeness (QED) is 0.739. The van der Waals surface area contributed by atoms with Gasteiger partial charge in [-0.1, -0.05) is 0 Å². The van der Waals surface area contributed by atoms with Crippen molar-refractivity contribution in [2.45, 2.75) is 77.0 Å². The topological polar surface area (TPSA) is 96.9 Å². The summed E-state index contributed by atoms with van der Waals surface area (Å²) in [6.07, 6.45) is 15.4. The Bertz CT molecular complexity index is 827. The van der Waals surface area contributed by atoms with E-state index in [2.05, 4.69) is 26.0 Å². The average molecular weight is 436 g/mol. The normalized spacial score (nSPS) is 45.1. The molecule has 0 spiro atoms. The van der Waals surface area contributed by atoms with Crippen LogP contribution in [0.1, 0.15) is 77.0 Å². The van der Waals surface area contributed by atoms with Crippen molar-refractivity contribution in [1.82, 2.24) is 15.4 Å². The van der Waals surface area contributed by atoms with Crippen molar-refractivity contribution in [1.29, 1.82) is 0 Å². The minimum absolute atomic E-state index is 0.0717. The number of hydrogen-bond donors (Lipinski definition) is 2. The molecule has 9 rings (SSSR count). The lowest BCUT2D eigenvalue weighted by atomic mass is 9.49. The maximum Gasteiger partial charge on any atom is 0.231 e. The number of carbonyl (C=O) groups is 2. The third kappa shape index (κ3) is 2.95. The van der Waals surface area contributed by atoms with Crippen molar-refractivity contribution >= 4 is 23.3 Å². The van der Waals surface area contributed by atoms with Crippen LogP contribution in [0.15, 0.2) is 6.20 Å². The summed E-state index contributed by atoms with van der Waals surface area (Å²) in [5.41, 5.74) is -0.0148. The summed E-state index contributed by atoms with van der Waals surface area (Å²) in [6.45, 7) is 0. The van der Waals surface area contributed by atoms with E-state index in [0.717, 1.165) is 38.5 Å². The van der Waals surface area contributed by atoms with Crippen LogP contribution in [0.4, 0.5) is 11.5 Å². The second-order valence-corrected chi connectivity index (χ2v) is 12.5. The van der Waals surface area contributed by atoms with E-state index in [1.54, 1.807) is 6.20 Å². The van der Waals surface area contributed by atoms with Crippen molar-refractivity contribution in [3.8, 4) is 0 Å². The van der Waals surface area contributed by atoms with E-state index in [1.807, 2.05) is 0 Å². The zero-order valence-electron chi connectivity index (χ0n) is 18.7. The maximum absolute atomic E-state index is 13.5. The molecule has 170 valence electrons. The molecule has 0 unspecified atom stereocenters. The fourth-order valence-electron chi connectivity index (χ4n) is 9.73. The molecule has 8 saturated carbocycles. The highest BCUT2D eigenvalue weighted by molar-refractivity contribution is 6.02. The first-order valence-electron chi connectivity index (χ1n) is 12.8. The van der Waals surface area contributed by atoms with Gasteiger partial charge in [0.15, 0.2) is 5.82 Å². The lowest BCUT2D eigenvalue weighted by molar-refractivity contribution is -0.141. The van der Waals surface area contributed by atoms with Crippen LogP contribution >= 0.6 is 0 Å². The van der Waals surface area contributed by atoms with Crippen LogP contribution in [0.3, 0.4) is 0 Å². The van der Waals surface area contributed by atoms with Crippen LogP contribution < -0.4 is 10.6 Å². The SMILES string of the molecule is O=C(Nc1cnnnc1NC(=O)C12CC3CC(CC(C3)C1)C2)C12CC3CC(CC(C3)C1)C2. The van der Waals surface area contributed by atoms with E-state index in [-0.39, 0.29) is 22.6 Å². The van der Waals surface area contributed by atoms with Gasteiger partial charge < -0.3 is 10.6 Å². The van der Waals surface area contributed by atoms with Gasteiger partial charge in [-0.15, -0.1) is 10.2 Å². The van der Waals surface area contributed by atoms with Gasteiger partial charge in [0.2, 0.25) is 11.8 Å². The van der Waals surface area contributed by atoms with Gasteiger partial charge in [0.25, 0.3) is 0 Å². The number of carbonyl (C=O) groups excluding carboxylic acids is 2. The molecule has 1 aromatic rings. The van der Waals surface area contributed by atoms with Gasteiger partial charge >= 0.3 is 0 Å². The van der Waals surface area contributed by atoms with E-state index in [9.17, 15) is 9.59 Å². The number of hydrogen-bond acceptors (Lipinski definition) is 5. The number of anilines is 2. The van der Waals surface area contributed by atoms with E-state index in [4.69, 9.17) is 0 Å². The Labute approximate surface area is 188 Å². The molecule has 8 aliphatic carbocycles. The Morgan fingerprint density at radius 3 is 1.53 bits per heavy atom. The van der Waals surface area contributed by atoms with E-state index in [1.165, 1.54) is 38.5 Å². The molecule has 7 nitrogen and oxygen atoms in total. The molecule has 8 fully saturated rings. The molecule has 2 amide bonds. The lowest BCUT2D eigenvalue weighted by Crippen LogP contribution is -2.52. The molecule has 0 atom stereocenters. The highest BCUT2D eigenvalue weighted by Gasteiger charge is 2.56. The molecule has 1 heterocycles. The van der Waals surface area contributed by atoms with Gasteiger partial charge in [-0.05, 0) is 118 Å². The van der Waals surface area contributed by atoms with Gasteiger partial charge in [0, 0.05) is 0 Å². The molecule has 0 aromatic carbocycles. The van der Waals surface area contributed by atoms with Crippen LogP contribution in [0, 0.1) is 46.3 Å². The molecule has 0 saturated heterocycles. The molecular weight excluding hydrogens is 402 g/mol. The largest absolute Gasteiger partial charge is 0.321 e. The third-order valence-corrected chi connectivity index (χ3v) is 10.2. The van der Waals surface area contributed by atoms with Gasteiger partial charge in [-0.2, -0.15) is 0 Å². The molecule has 2 N–H and O–H groups in total. The summed E-state index contributed by atoms with van der Waals surface area (Å²) >= 11 is 0. The van der Waals surface area contributed by atoms with E-state index >= 15 is 0 Å².